The highest BCUT2D eigenvalue weighted by atomic mass is 14.8. The number of nitrogens with one attached hydrogen (secondary N) is 1. The quantitative estimate of drug-likeness (QED) is 0.660. The fraction of sp³-hybridized carbons (Fsp3) is 0.400. The molecule has 0 aromatic rings. The van der Waals surface area contributed by atoms with Crippen LogP contribution in [0, 0.1) is 0 Å². The molecule has 0 aromatic heterocycles. The van der Waals surface area contributed by atoms with Gasteiger partial charge in [0.2, 0.25) is 0 Å². The van der Waals surface area contributed by atoms with Gasteiger partial charge in [0.1, 0.15) is 0 Å². The maximum atomic E-state index is 5.48. The molecule has 0 aliphatic heterocycles. The van der Waals surface area contributed by atoms with Gasteiger partial charge in [-0.1, -0.05) is 17.7 Å². The summed E-state index contributed by atoms with van der Waals surface area (Å²) in [7, 11) is 1.93. The van der Waals surface area contributed by atoms with Gasteiger partial charge in [-0.3, -0.25) is 0 Å². The van der Waals surface area contributed by atoms with E-state index in [4.69, 9.17) is 5.73 Å². The molecule has 0 saturated heterocycles. The first-order chi connectivity index (χ1) is 5.86. The number of nitrogens with two attached hydrogens (primary N) is 1. The van der Waals surface area contributed by atoms with Crippen LogP contribution in [0.25, 0.3) is 0 Å². The van der Waals surface area contributed by atoms with Crippen LogP contribution in [0.15, 0.2) is 35.6 Å². The van der Waals surface area contributed by atoms with Gasteiger partial charge in [-0.15, -0.1) is 0 Å². The van der Waals surface area contributed by atoms with Crippen LogP contribution >= 0.6 is 0 Å². The van der Waals surface area contributed by atoms with Crippen LogP contribution < -0.4 is 11.1 Å². The smallest absolute Gasteiger partial charge is 0.0334 e. The van der Waals surface area contributed by atoms with E-state index in [2.05, 4.69) is 29.6 Å². The van der Waals surface area contributed by atoms with E-state index in [0.717, 1.165) is 25.1 Å². The van der Waals surface area contributed by atoms with Gasteiger partial charge in [-0.05, 0) is 31.5 Å². The second-order valence-electron chi connectivity index (χ2n) is 2.84. The van der Waals surface area contributed by atoms with Crippen LogP contribution in [-0.2, 0) is 0 Å². The maximum Gasteiger partial charge on any atom is 0.0334 e. The Morgan fingerprint density at radius 1 is 1.50 bits per heavy atom. The predicted octanol–water partition coefficient (Wildman–Crippen LogP) is 1.32. The molecule has 0 heterocycles. The third-order valence-corrected chi connectivity index (χ3v) is 1.93. The zero-order valence-corrected chi connectivity index (χ0v) is 7.51. The van der Waals surface area contributed by atoms with E-state index < -0.39 is 0 Å². The molecule has 2 heteroatoms. The van der Waals surface area contributed by atoms with Gasteiger partial charge >= 0.3 is 0 Å². The van der Waals surface area contributed by atoms with Crippen molar-refractivity contribution in [2.24, 2.45) is 5.73 Å². The van der Waals surface area contributed by atoms with Crippen molar-refractivity contribution in [3.8, 4) is 0 Å². The normalized spacial score (nSPS) is 16.5. The molecule has 0 spiro atoms. The average molecular weight is 164 g/mol. The second-order valence-corrected chi connectivity index (χ2v) is 2.84. The zero-order chi connectivity index (χ0) is 8.81. The highest BCUT2D eigenvalue weighted by Crippen LogP contribution is 2.11. The summed E-state index contributed by atoms with van der Waals surface area (Å²) in [5.41, 5.74) is 8.03. The Hall–Kier alpha value is -1.02. The lowest BCUT2D eigenvalue weighted by Gasteiger charge is -1.98. The summed E-state index contributed by atoms with van der Waals surface area (Å²) in [5, 5.41) is 3.11. The standard InChI is InChI=1S/C10H16N2/c1-12-10-4-2-3-9(5-6-10)7-8-11/h2,4-6,12H,3,7-8,11H2,1H3. The van der Waals surface area contributed by atoms with E-state index in [9.17, 15) is 0 Å². The van der Waals surface area contributed by atoms with Gasteiger partial charge in [-0.2, -0.15) is 0 Å². The predicted molar refractivity (Wildman–Crippen MR) is 52.7 cm³/mol. The van der Waals surface area contributed by atoms with Gasteiger partial charge in [0.15, 0.2) is 0 Å². The van der Waals surface area contributed by atoms with Crippen molar-refractivity contribution in [2.45, 2.75) is 12.8 Å². The molecule has 12 heavy (non-hydrogen) atoms. The molecule has 0 aromatic carbocycles. The van der Waals surface area contributed by atoms with Crippen LogP contribution in [0.4, 0.5) is 0 Å². The molecular weight excluding hydrogens is 148 g/mol. The lowest BCUT2D eigenvalue weighted by atomic mass is 10.1. The van der Waals surface area contributed by atoms with Crippen molar-refractivity contribution in [1.82, 2.24) is 5.32 Å². The molecule has 1 aliphatic carbocycles. The minimum absolute atomic E-state index is 0.738. The van der Waals surface area contributed by atoms with E-state index in [1.54, 1.807) is 0 Å². The summed E-state index contributed by atoms with van der Waals surface area (Å²) in [4.78, 5) is 0. The molecule has 0 fully saturated rings. The lowest BCUT2D eigenvalue weighted by Crippen LogP contribution is -2.01. The molecule has 1 aliphatic rings. The topological polar surface area (TPSA) is 38.0 Å². The Morgan fingerprint density at radius 2 is 2.33 bits per heavy atom. The van der Waals surface area contributed by atoms with Gasteiger partial charge < -0.3 is 11.1 Å². The van der Waals surface area contributed by atoms with Gasteiger partial charge in [0, 0.05) is 12.7 Å². The highest BCUT2D eigenvalue weighted by Gasteiger charge is 1.96. The van der Waals surface area contributed by atoms with Crippen LogP contribution in [0.3, 0.4) is 0 Å². The molecule has 0 saturated carbocycles. The molecular formula is C10H16N2. The number of rotatable bonds is 3. The number of likely N-dealkylation sites (N-methyl/N-ethyl adjacent to an activating group) is 1. The van der Waals surface area contributed by atoms with Gasteiger partial charge in [0.05, 0.1) is 0 Å². The van der Waals surface area contributed by atoms with Crippen molar-refractivity contribution >= 4 is 0 Å². The number of hydrogen-bond donors (Lipinski definition) is 2. The molecule has 0 bridgehead atoms. The average Bonchev–Trinajstić information content (AvgIpc) is 2.31. The van der Waals surface area contributed by atoms with Crippen LogP contribution in [0.2, 0.25) is 0 Å². The van der Waals surface area contributed by atoms with Crippen molar-refractivity contribution in [3.63, 3.8) is 0 Å². The summed E-state index contributed by atoms with van der Waals surface area (Å²) < 4.78 is 0. The summed E-state index contributed by atoms with van der Waals surface area (Å²) in [6, 6.07) is 0. The van der Waals surface area contributed by atoms with Crippen LogP contribution in [0.1, 0.15) is 12.8 Å². The highest BCUT2D eigenvalue weighted by molar-refractivity contribution is 5.29. The Kier molecular flexibility index (Phi) is 3.61. The van der Waals surface area contributed by atoms with Crippen LogP contribution in [-0.4, -0.2) is 13.6 Å². The van der Waals surface area contributed by atoms with Crippen molar-refractivity contribution in [1.29, 1.82) is 0 Å². The SMILES string of the molecule is CNC1=CC=C(CCN)CC=C1. The maximum absolute atomic E-state index is 5.48. The summed E-state index contributed by atoms with van der Waals surface area (Å²) in [6.07, 6.45) is 10.5. The Morgan fingerprint density at radius 3 is 3.00 bits per heavy atom. The molecule has 0 amide bonds. The zero-order valence-electron chi connectivity index (χ0n) is 7.51. The minimum Gasteiger partial charge on any atom is -0.388 e. The number of hydrogen-bond acceptors (Lipinski definition) is 2. The van der Waals surface area contributed by atoms with Crippen molar-refractivity contribution in [2.75, 3.05) is 13.6 Å². The molecule has 0 unspecified atom stereocenters. The van der Waals surface area contributed by atoms with Gasteiger partial charge in [0.25, 0.3) is 0 Å². The monoisotopic (exact) mass is 164 g/mol. The fourth-order valence-corrected chi connectivity index (χ4v) is 1.21. The molecule has 1 rings (SSSR count). The van der Waals surface area contributed by atoms with E-state index in [1.807, 2.05) is 7.05 Å². The van der Waals surface area contributed by atoms with Crippen molar-refractivity contribution in [3.05, 3.63) is 35.6 Å². The number of allylic oxidation sites excluding steroid dienone is 4. The third kappa shape index (κ3) is 2.55. The van der Waals surface area contributed by atoms with E-state index in [-0.39, 0.29) is 0 Å². The Bertz CT molecular complexity index is 224. The van der Waals surface area contributed by atoms with Gasteiger partial charge in [-0.25, -0.2) is 0 Å². The van der Waals surface area contributed by atoms with E-state index >= 15 is 0 Å². The Balaban J connectivity index is 2.63. The molecule has 0 atom stereocenters. The van der Waals surface area contributed by atoms with Crippen LogP contribution in [0.5, 0.6) is 0 Å². The Labute approximate surface area is 73.8 Å². The third-order valence-electron chi connectivity index (χ3n) is 1.93. The molecule has 0 radical (unpaired) electrons. The fourth-order valence-electron chi connectivity index (χ4n) is 1.21. The lowest BCUT2D eigenvalue weighted by molar-refractivity contribution is 0.921. The molecule has 2 nitrogen and oxygen atoms in total. The summed E-state index contributed by atoms with van der Waals surface area (Å²) in [5.74, 6) is 0. The largest absolute Gasteiger partial charge is 0.388 e. The van der Waals surface area contributed by atoms with E-state index in [1.165, 1.54) is 5.57 Å². The van der Waals surface area contributed by atoms with E-state index in [0.29, 0.717) is 0 Å². The first-order valence-electron chi connectivity index (χ1n) is 4.31. The first-order valence-corrected chi connectivity index (χ1v) is 4.31. The minimum atomic E-state index is 0.738. The first kappa shape index (κ1) is 9.07. The summed E-state index contributed by atoms with van der Waals surface area (Å²) in [6.45, 7) is 0.738. The second kappa shape index (κ2) is 4.78. The molecule has 66 valence electrons. The molecule has 3 N–H and O–H groups in total. The van der Waals surface area contributed by atoms with Crippen molar-refractivity contribution < 1.29 is 0 Å². The summed E-state index contributed by atoms with van der Waals surface area (Å²) >= 11 is 0.